The lowest BCUT2D eigenvalue weighted by atomic mass is 10.0. The van der Waals surface area contributed by atoms with E-state index in [1.54, 1.807) is 6.07 Å². The number of hydrogen-bond acceptors (Lipinski definition) is 2. The highest BCUT2D eigenvalue weighted by molar-refractivity contribution is 6.13. The molecule has 2 aromatic carbocycles. The minimum absolute atomic E-state index is 0.217. The summed E-state index contributed by atoms with van der Waals surface area (Å²) in [6.07, 6.45) is 1.96. The standard InChI is InChI=1S/C22H16FN3/c1-14-7-8-15-12-16(9-10-19(15)25-14)22-21-6-3-11-26(21)20-5-2-4-18(23)17(20)13-24-22/h2-12H,13H2,1H3. The number of nitrogens with zero attached hydrogens (tertiary/aromatic N) is 3. The van der Waals surface area contributed by atoms with E-state index in [0.29, 0.717) is 12.1 Å². The van der Waals surface area contributed by atoms with Crippen LogP contribution in [0.1, 0.15) is 22.5 Å². The number of pyridine rings is 1. The summed E-state index contributed by atoms with van der Waals surface area (Å²) in [5.41, 5.74) is 6.28. The molecule has 3 heterocycles. The average Bonchev–Trinajstić information content (AvgIpc) is 3.06. The Bertz CT molecular complexity index is 1190. The SMILES string of the molecule is Cc1ccc2cc(C3=NCc4c(F)cccc4-n4cccc43)ccc2n1. The van der Waals surface area contributed by atoms with Crippen molar-refractivity contribution in [2.75, 3.05) is 0 Å². The maximum atomic E-state index is 14.3. The summed E-state index contributed by atoms with van der Waals surface area (Å²) in [6, 6.07) is 19.4. The van der Waals surface area contributed by atoms with E-state index >= 15 is 0 Å². The van der Waals surface area contributed by atoms with Gasteiger partial charge in [-0.15, -0.1) is 0 Å². The molecule has 0 N–H and O–H groups in total. The smallest absolute Gasteiger partial charge is 0.130 e. The number of hydrogen-bond donors (Lipinski definition) is 0. The van der Waals surface area contributed by atoms with Crippen LogP contribution < -0.4 is 0 Å². The molecule has 0 bridgehead atoms. The number of aryl methyl sites for hydroxylation is 1. The van der Waals surface area contributed by atoms with Crippen LogP contribution in [-0.4, -0.2) is 15.3 Å². The second kappa shape index (κ2) is 5.63. The summed E-state index contributed by atoms with van der Waals surface area (Å²) < 4.78 is 16.4. The molecule has 0 fully saturated rings. The molecular weight excluding hydrogens is 325 g/mol. The van der Waals surface area contributed by atoms with E-state index in [-0.39, 0.29) is 5.82 Å². The van der Waals surface area contributed by atoms with E-state index in [1.807, 2.05) is 54.1 Å². The number of benzene rings is 2. The predicted octanol–water partition coefficient (Wildman–Crippen LogP) is 4.82. The number of aliphatic imine (C=N–C) groups is 1. The van der Waals surface area contributed by atoms with Gasteiger partial charge < -0.3 is 4.57 Å². The molecule has 0 saturated carbocycles. The van der Waals surface area contributed by atoms with E-state index in [9.17, 15) is 4.39 Å². The van der Waals surface area contributed by atoms with Gasteiger partial charge >= 0.3 is 0 Å². The Hall–Kier alpha value is -3.27. The van der Waals surface area contributed by atoms with Crippen LogP contribution in [0.25, 0.3) is 16.6 Å². The van der Waals surface area contributed by atoms with Crippen LogP contribution in [0.4, 0.5) is 4.39 Å². The second-order valence-electron chi connectivity index (χ2n) is 6.53. The first kappa shape index (κ1) is 15.0. The van der Waals surface area contributed by atoms with E-state index in [0.717, 1.165) is 39.3 Å². The Morgan fingerprint density at radius 2 is 1.92 bits per heavy atom. The highest BCUT2D eigenvalue weighted by Gasteiger charge is 2.20. The van der Waals surface area contributed by atoms with Crippen molar-refractivity contribution in [2.24, 2.45) is 4.99 Å². The number of aromatic nitrogens is 2. The minimum atomic E-state index is -0.217. The van der Waals surface area contributed by atoms with Crippen molar-refractivity contribution in [2.45, 2.75) is 13.5 Å². The first-order valence-corrected chi connectivity index (χ1v) is 8.58. The van der Waals surface area contributed by atoms with Gasteiger partial charge in [0.15, 0.2) is 0 Å². The largest absolute Gasteiger partial charge is 0.315 e. The molecule has 0 unspecified atom stereocenters. The zero-order valence-electron chi connectivity index (χ0n) is 14.3. The van der Waals surface area contributed by atoms with Gasteiger partial charge in [0.25, 0.3) is 0 Å². The third-order valence-corrected chi connectivity index (χ3v) is 4.84. The fourth-order valence-corrected chi connectivity index (χ4v) is 3.57. The maximum Gasteiger partial charge on any atom is 0.130 e. The van der Waals surface area contributed by atoms with Crippen molar-refractivity contribution in [3.63, 3.8) is 0 Å². The van der Waals surface area contributed by atoms with Crippen molar-refractivity contribution < 1.29 is 4.39 Å². The molecule has 4 aromatic rings. The van der Waals surface area contributed by atoms with E-state index in [1.165, 1.54) is 6.07 Å². The van der Waals surface area contributed by atoms with Crippen LogP contribution in [0, 0.1) is 12.7 Å². The lowest BCUT2D eigenvalue weighted by Gasteiger charge is -2.11. The Balaban J connectivity index is 1.71. The van der Waals surface area contributed by atoms with Crippen LogP contribution in [0.15, 0.2) is 71.9 Å². The van der Waals surface area contributed by atoms with Crippen molar-refractivity contribution in [1.82, 2.24) is 9.55 Å². The molecule has 4 heteroatoms. The molecule has 1 aliphatic heterocycles. The average molecular weight is 341 g/mol. The summed E-state index contributed by atoms with van der Waals surface area (Å²) in [7, 11) is 0. The molecule has 0 amide bonds. The fraction of sp³-hybridized carbons (Fsp3) is 0.0909. The van der Waals surface area contributed by atoms with Crippen LogP contribution in [0.5, 0.6) is 0 Å². The molecule has 26 heavy (non-hydrogen) atoms. The molecule has 0 spiro atoms. The molecule has 0 saturated heterocycles. The van der Waals surface area contributed by atoms with Gasteiger partial charge in [0.2, 0.25) is 0 Å². The predicted molar refractivity (Wildman–Crippen MR) is 102 cm³/mol. The second-order valence-corrected chi connectivity index (χ2v) is 6.53. The topological polar surface area (TPSA) is 30.2 Å². The fourth-order valence-electron chi connectivity index (χ4n) is 3.57. The zero-order valence-corrected chi connectivity index (χ0v) is 14.3. The first-order valence-electron chi connectivity index (χ1n) is 8.58. The van der Waals surface area contributed by atoms with E-state index < -0.39 is 0 Å². The van der Waals surface area contributed by atoms with Gasteiger partial charge in [0, 0.05) is 28.4 Å². The molecule has 2 aromatic heterocycles. The summed E-state index contributed by atoms with van der Waals surface area (Å²) in [5.74, 6) is -0.217. The van der Waals surface area contributed by atoms with Crippen molar-refractivity contribution in [1.29, 1.82) is 0 Å². The van der Waals surface area contributed by atoms with Crippen molar-refractivity contribution in [3.05, 3.63) is 95.2 Å². The summed E-state index contributed by atoms with van der Waals surface area (Å²) in [6.45, 7) is 2.31. The van der Waals surface area contributed by atoms with Gasteiger partial charge in [-0.25, -0.2) is 4.39 Å². The van der Waals surface area contributed by atoms with Gasteiger partial charge in [0.1, 0.15) is 5.82 Å². The molecular formula is C22H16FN3. The van der Waals surface area contributed by atoms with Gasteiger partial charge in [-0.1, -0.05) is 18.2 Å². The van der Waals surface area contributed by atoms with Crippen molar-refractivity contribution >= 4 is 16.6 Å². The summed E-state index contributed by atoms with van der Waals surface area (Å²) in [4.78, 5) is 9.33. The van der Waals surface area contributed by atoms with Crippen LogP contribution in [-0.2, 0) is 6.54 Å². The van der Waals surface area contributed by atoms with Crippen molar-refractivity contribution in [3.8, 4) is 5.69 Å². The molecule has 0 radical (unpaired) electrons. The first-order chi connectivity index (χ1) is 12.7. The van der Waals surface area contributed by atoms with E-state index in [4.69, 9.17) is 4.99 Å². The lowest BCUT2D eigenvalue weighted by Crippen LogP contribution is -2.08. The molecule has 5 rings (SSSR count). The van der Waals surface area contributed by atoms with E-state index in [2.05, 4.69) is 17.1 Å². The highest BCUT2D eigenvalue weighted by Crippen LogP contribution is 2.27. The molecule has 3 nitrogen and oxygen atoms in total. The summed E-state index contributed by atoms with van der Waals surface area (Å²) in [5, 5.41) is 1.07. The van der Waals surface area contributed by atoms with Crippen LogP contribution >= 0.6 is 0 Å². The van der Waals surface area contributed by atoms with Gasteiger partial charge in [-0.3, -0.25) is 9.98 Å². The Kier molecular flexibility index (Phi) is 3.25. The Morgan fingerprint density at radius 1 is 1.00 bits per heavy atom. The highest BCUT2D eigenvalue weighted by atomic mass is 19.1. The molecule has 0 atom stereocenters. The zero-order chi connectivity index (χ0) is 17.7. The maximum absolute atomic E-state index is 14.3. The normalized spacial score (nSPS) is 13.1. The van der Waals surface area contributed by atoms with Crippen LogP contribution in [0.3, 0.4) is 0 Å². The third-order valence-electron chi connectivity index (χ3n) is 4.84. The quantitative estimate of drug-likeness (QED) is 0.488. The van der Waals surface area contributed by atoms with Gasteiger partial charge in [0.05, 0.1) is 29.2 Å². The Morgan fingerprint density at radius 3 is 2.85 bits per heavy atom. The monoisotopic (exact) mass is 341 g/mol. The van der Waals surface area contributed by atoms with Crippen LogP contribution in [0.2, 0.25) is 0 Å². The number of halogens is 1. The summed E-state index contributed by atoms with van der Waals surface area (Å²) >= 11 is 0. The molecule has 126 valence electrons. The molecule has 1 aliphatic rings. The lowest BCUT2D eigenvalue weighted by molar-refractivity contribution is 0.609. The number of fused-ring (bicyclic) bond motifs is 4. The Labute approximate surface area is 150 Å². The minimum Gasteiger partial charge on any atom is -0.315 e. The van der Waals surface area contributed by atoms with Gasteiger partial charge in [-0.05, 0) is 49.4 Å². The number of rotatable bonds is 1. The van der Waals surface area contributed by atoms with Gasteiger partial charge in [-0.2, -0.15) is 0 Å². The molecule has 0 aliphatic carbocycles. The third kappa shape index (κ3) is 2.26.